The average Bonchev–Trinajstić information content (AvgIpc) is 2.26. The number of aromatic carboxylic acids is 1. The fourth-order valence-electron chi connectivity index (χ4n) is 1.88. The van der Waals surface area contributed by atoms with Gasteiger partial charge in [-0.1, -0.05) is 26.0 Å². The van der Waals surface area contributed by atoms with Gasteiger partial charge in [-0.15, -0.1) is 0 Å². The molecule has 0 saturated heterocycles. The van der Waals surface area contributed by atoms with Gasteiger partial charge in [0.05, 0.1) is 17.7 Å². The highest BCUT2D eigenvalue weighted by atomic mass is 16.4. The maximum atomic E-state index is 11.9. The number of carbonyl (C=O) groups is 3. The monoisotopic (exact) mass is 279 g/mol. The van der Waals surface area contributed by atoms with Gasteiger partial charge in [-0.2, -0.15) is 0 Å². The number of anilines is 1. The number of hydrogen-bond acceptors (Lipinski definition) is 3. The lowest BCUT2D eigenvalue weighted by Gasteiger charge is -2.21. The molecule has 0 heterocycles. The Hall–Kier alpha value is -2.37. The molecule has 0 bridgehead atoms. The Balaban J connectivity index is 2.77. The van der Waals surface area contributed by atoms with Crippen molar-refractivity contribution < 1.29 is 24.6 Å². The summed E-state index contributed by atoms with van der Waals surface area (Å²) >= 11 is 0. The predicted octanol–water partition coefficient (Wildman–Crippen LogP) is 2.21. The van der Waals surface area contributed by atoms with E-state index in [4.69, 9.17) is 10.2 Å². The van der Waals surface area contributed by atoms with E-state index in [0.29, 0.717) is 0 Å². The number of benzene rings is 1. The van der Waals surface area contributed by atoms with Crippen molar-refractivity contribution in [2.75, 3.05) is 5.32 Å². The van der Waals surface area contributed by atoms with E-state index in [-0.39, 0.29) is 24.1 Å². The summed E-state index contributed by atoms with van der Waals surface area (Å²) < 4.78 is 0. The molecule has 0 atom stereocenters. The Morgan fingerprint density at radius 3 is 2.25 bits per heavy atom. The van der Waals surface area contributed by atoms with Crippen LogP contribution in [0, 0.1) is 5.41 Å². The van der Waals surface area contributed by atoms with Crippen molar-refractivity contribution >= 4 is 23.5 Å². The number of para-hydroxylation sites is 1. The summed E-state index contributed by atoms with van der Waals surface area (Å²) in [5.41, 5.74) is -0.498. The SMILES string of the molecule is CC(C)(CC(=O)O)CC(=O)Nc1ccccc1C(=O)O. The molecular weight excluding hydrogens is 262 g/mol. The highest BCUT2D eigenvalue weighted by Crippen LogP contribution is 2.26. The van der Waals surface area contributed by atoms with Crippen LogP contribution in [0.3, 0.4) is 0 Å². The van der Waals surface area contributed by atoms with Crippen molar-refractivity contribution in [3.8, 4) is 0 Å². The number of amides is 1. The lowest BCUT2D eigenvalue weighted by molar-refractivity contribution is -0.139. The molecule has 0 aliphatic carbocycles. The van der Waals surface area contributed by atoms with E-state index in [1.165, 1.54) is 12.1 Å². The quantitative estimate of drug-likeness (QED) is 0.740. The van der Waals surface area contributed by atoms with Crippen LogP contribution in [0.1, 0.15) is 37.0 Å². The van der Waals surface area contributed by atoms with Crippen molar-refractivity contribution in [2.24, 2.45) is 5.41 Å². The summed E-state index contributed by atoms with van der Waals surface area (Å²) in [6.07, 6.45) is -0.145. The van der Waals surface area contributed by atoms with Gasteiger partial charge in [0.2, 0.25) is 5.91 Å². The lowest BCUT2D eigenvalue weighted by atomic mass is 9.85. The minimum atomic E-state index is -1.13. The number of rotatable bonds is 6. The fourth-order valence-corrected chi connectivity index (χ4v) is 1.88. The highest BCUT2D eigenvalue weighted by molar-refractivity contribution is 6.00. The van der Waals surface area contributed by atoms with Crippen molar-refractivity contribution in [2.45, 2.75) is 26.7 Å². The zero-order chi connectivity index (χ0) is 15.3. The van der Waals surface area contributed by atoms with Crippen LogP contribution in [0.5, 0.6) is 0 Å². The number of aliphatic carboxylic acids is 1. The highest BCUT2D eigenvalue weighted by Gasteiger charge is 2.25. The van der Waals surface area contributed by atoms with E-state index in [1.807, 2.05) is 0 Å². The molecule has 6 heteroatoms. The number of carboxylic acids is 2. The molecule has 3 N–H and O–H groups in total. The van der Waals surface area contributed by atoms with Crippen LogP contribution in [0.2, 0.25) is 0 Å². The van der Waals surface area contributed by atoms with Crippen LogP contribution < -0.4 is 5.32 Å². The van der Waals surface area contributed by atoms with Crippen molar-refractivity contribution in [3.05, 3.63) is 29.8 Å². The Morgan fingerprint density at radius 2 is 1.70 bits per heavy atom. The molecule has 0 aliphatic rings. The molecule has 0 aromatic heterocycles. The molecule has 0 aliphatic heterocycles. The van der Waals surface area contributed by atoms with Gasteiger partial charge in [0.15, 0.2) is 0 Å². The zero-order valence-corrected chi connectivity index (χ0v) is 11.3. The average molecular weight is 279 g/mol. The molecule has 1 aromatic rings. The maximum absolute atomic E-state index is 11.9. The molecule has 108 valence electrons. The van der Waals surface area contributed by atoms with Crippen LogP contribution in [0.4, 0.5) is 5.69 Å². The minimum Gasteiger partial charge on any atom is -0.481 e. The van der Waals surface area contributed by atoms with Gasteiger partial charge in [-0.25, -0.2) is 4.79 Å². The third-order valence-electron chi connectivity index (χ3n) is 2.70. The number of nitrogens with one attached hydrogen (secondary N) is 1. The Labute approximate surface area is 116 Å². The van der Waals surface area contributed by atoms with E-state index in [2.05, 4.69) is 5.32 Å². The topological polar surface area (TPSA) is 104 Å². The van der Waals surface area contributed by atoms with Gasteiger partial charge in [0, 0.05) is 6.42 Å². The van der Waals surface area contributed by atoms with Crippen LogP contribution in [0.15, 0.2) is 24.3 Å². The fraction of sp³-hybridized carbons (Fsp3) is 0.357. The largest absolute Gasteiger partial charge is 0.481 e. The van der Waals surface area contributed by atoms with Gasteiger partial charge in [0.1, 0.15) is 0 Å². The third-order valence-corrected chi connectivity index (χ3v) is 2.70. The van der Waals surface area contributed by atoms with Crippen LogP contribution in [0.25, 0.3) is 0 Å². The van der Waals surface area contributed by atoms with E-state index >= 15 is 0 Å². The molecule has 1 rings (SSSR count). The first kappa shape index (κ1) is 15.7. The van der Waals surface area contributed by atoms with Gasteiger partial charge >= 0.3 is 11.9 Å². The first-order chi connectivity index (χ1) is 9.21. The van der Waals surface area contributed by atoms with Crippen LogP contribution >= 0.6 is 0 Å². The number of carboxylic acid groups (broad SMARTS) is 2. The summed E-state index contributed by atoms with van der Waals surface area (Å²) in [6.45, 7) is 3.34. The molecule has 0 fully saturated rings. The second-order valence-electron chi connectivity index (χ2n) is 5.31. The molecule has 1 aromatic carbocycles. The summed E-state index contributed by atoms with van der Waals surface area (Å²) in [7, 11) is 0. The normalized spacial score (nSPS) is 10.9. The number of carbonyl (C=O) groups excluding carboxylic acids is 1. The van der Waals surface area contributed by atoms with E-state index in [1.54, 1.807) is 26.0 Å². The number of hydrogen-bond donors (Lipinski definition) is 3. The van der Waals surface area contributed by atoms with Gasteiger partial charge in [-0.05, 0) is 17.5 Å². The first-order valence-corrected chi connectivity index (χ1v) is 6.05. The van der Waals surface area contributed by atoms with Crippen molar-refractivity contribution in [3.63, 3.8) is 0 Å². The van der Waals surface area contributed by atoms with Gasteiger partial charge < -0.3 is 15.5 Å². The molecule has 0 unspecified atom stereocenters. The second kappa shape index (κ2) is 6.18. The summed E-state index contributed by atoms with van der Waals surface area (Å²) in [5, 5.41) is 20.3. The molecule has 20 heavy (non-hydrogen) atoms. The zero-order valence-electron chi connectivity index (χ0n) is 11.3. The summed E-state index contributed by atoms with van der Waals surface area (Å²) in [6, 6.07) is 6.06. The molecule has 0 spiro atoms. The van der Waals surface area contributed by atoms with E-state index in [9.17, 15) is 14.4 Å². The standard InChI is InChI=1S/C14H17NO5/c1-14(2,8-12(17)18)7-11(16)15-10-6-4-3-5-9(10)13(19)20/h3-6H,7-8H2,1-2H3,(H,15,16)(H,17,18)(H,19,20). The smallest absolute Gasteiger partial charge is 0.337 e. The van der Waals surface area contributed by atoms with Crippen molar-refractivity contribution in [1.82, 2.24) is 0 Å². The van der Waals surface area contributed by atoms with Crippen LogP contribution in [-0.4, -0.2) is 28.1 Å². The minimum absolute atomic E-state index is 0.00288. The molecule has 0 radical (unpaired) electrons. The second-order valence-corrected chi connectivity index (χ2v) is 5.31. The van der Waals surface area contributed by atoms with E-state index in [0.717, 1.165) is 0 Å². The molecule has 6 nitrogen and oxygen atoms in total. The van der Waals surface area contributed by atoms with E-state index < -0.39 is 23.3 Å². The Kier molecular flexibility index (Phi) is 4.85. The van der Waals surface area contributed by atoms with Gasteiger partial charge in [0.25, 0.3) is 0 Å². The molecule has 0 saturated carbocycles. The maximum Gasteiger partial charge on any atom is 0.337 e. The van der Waals surface area contributed by atoms with Crippen molar-refractivity contribution in [1.29, 1.82) is 0 Å². The van der Waals surface area contributed by atoms with Crippen LogP contribution in [-0.2, 0) is 9.59 Å². The third kappa shape index (κ3) is 4.72. The Morgan fingerprint density at radius 1 is 1.10 bits per heavy atom. The lowest BCUT2D eigenvalue weighted by Crippen LogP contribution is -2.25. The summed E-state index contributed by atoms with van der Waals surface area (Å²) in [5.74, 6) is -2.52. The molecular formula is C14H17NO5. The predicted molar refractivity (Wildman–Crippen MR) is 72.7 cm³/mol. The Bertz CT molecular complexity index is 536. The first-order valence-electron chi connectivity index (χ1n) is 6.05. The van der Waals surface area contributed by atoms with Gasteiger partial charge in [-0.3, -0.25) is 9.59 Å². The summed E-state index contributed by atoms with van der Waals surface area (Å²) in [4.78, 5) is 33.6. The molecule has 1 amide bonds.